The number of hydrogen-bond donors (Lipinski definition) is 1. The molecular weight excluding hydrogens is 604 g/mol. The van der Waals surface area contributed by atoms with Crippen LogP contribution in [0.1, 0.15) is 24.5 Å². The quantitative estimate of drug-likeness (QED) is 0.283. The van der Waals surface area contributed by atoms with Gasteiger partial charge in [-0.25, -0.2) is 8.42 Å². The summed E-state index contributed by atoms with van der Waals surface area (Å²) in [6.07, 6.45) is 0.255. The Morgan fingerprint density at radius 1 is 0.897 bits per heavy atom. The molecule has 0 saturated heterocycles. The summed E-state index contributed by atoms with van der Waals surface area (Å²) in [6, 6.07) is 14.5. The van der Waals surface area contributed by atoms with E-state index in [0.717, 1.165) is 9.87 Å². The SMILES string of the molecule is CCC(C(=O)NC)N(Cc1c(Cl)cccc1Cl)C(=O)CN(c1ccc(Cl)c(Cl)c1)S(=O)(=O)c1ccc(C)cc1. The number of benzene rings is 3. The number of anilines is 1. The Kier molecular flexibility index (Phi) is 10.5. The number of carbonyl (C=O) groups is 2. The minimum absolute atomic E-state index is 0.0222. The monoisotopic (exact) mass is 629 g/mol. The number of sulfonamides is 1. The molecular formula is C27H27Cl4N3O4S. The minimum Gasteiger partial charge on any atom is -0.357 e. The first-order chi connectivity index (χ1) is 18.4. The molecule has 0 spiro atoms. The number of hydrogen-bond acceptors (Lipinski definition) is 4. The van der Waals surface area contributed by atoms with E-state index in [-0.39, 0.29) is 33.6 Å². The molecule has 3 aromatic carbocycles. The lowest BCUT2D eigenvalue weighted by atomic mass is 10.1. The third kappa shape index (κ3) is 7.18. The minimum atomic E-state index is -4.25. The van der Waals surface area contributed by atoms with Gasteiger partial charge in [0, 0.05) is 29.2 Å². The van der Waals surface area contributed by atoms with Crippen molar-refractivity contribution in [1.82, 2.24) is 10.2 Å². The van der Waals surface area contributed by atoms with E-state index >= 15 is 0 Å². The Hall–Kier alpha value is -2.49. The van der Waals surface area contributed by atoms with E-state index in [4.69, 9.17) is 46.4 Å². The highest BCUT2D eigenvalue weighted by molar-refractivity contribution is 7.92. The predicted molar refractivity (Wildman–Crippen MR) is 157 cm³/mol. The lowest BCUT2D eigenvalue weighted by Crippen LogP contribution is -2.51. The lowest BCUT2D eigenvalue weighted by molar-refractivity contribution is -0.140. The van der Waals surface area contributed by atoms with Crippen molar-refractivity contribution >= 4 is 73.9 Å². The van der Waals surface area contributed by atoms with Gasteiger partial charge >= 0.3 is 0 Å². The molecule has 0 bridgehead atoms. The fourth-order valence-corrected chi connectivity index (χ4v) is 6.16. The highest BCUT2D eigenvalue weighted by atomic mass is 35.5. The second-order valence-corrected chi connectivity index (χ2v) is 12.2. The number of halogens is 4. The molecule has 3 aromatic rings. The van der Waals surface area contributed by atoms with E-state index in [2.05, 4.69) is 5.32 Å². The fraction of sp³-hybridized carbons (Fsp3) is 0.259. The summed E-state index contributed by atoms with van der Waals surface area (Å²) in [7, 11) is -2.79. The van der Waals surface area contributed by atoms with Gasteiger partial charge in [0.15, 0.2) is 0 Å². The number of amides is 2. The van der Waals surface area contributed by atoms with Crippen LogP contribution in [0.2, 0.25) is 20.1 Å². The largest absolute Gasteiger partial charge is 0.357 e. The van der Waals surface area contributed by atoms with Crippen molar-refractivity contribution in [2.75, 3.05) is 17.9 Å². The number of aryl methyl sites for hydroxylation is 1. The van der Waals surface area contributed by atoms with Gasteiger partial charge in [-0.2, -0.15) is 0 Å². The van der Waals surface area contributed by atoms with Crippen LogP contribution >= 0.6 is 46.4 Å². The van der Waals surface area contributed by atoms with Crippen molar-refractivity contribution in [3.05, 3.63) is 91.9 Å². The molecule has 1 unspecified atom stereocenters. The van der Waals surface area contributed by atoms with Gasteiger partial charge in [0.25, 0.3) is 10.0 Å². The topological polar surface area (TPSA) is 86.8 Å². The molecule has 3 rings (SSSR count). The normalized spacial score (nSPS) is 12.1. The van der Waals surface area contributed by atoms with Crippen LogP contribution in [0, 0.1) is 6.92 Å². The van der Waals surface area contributed by atoms with Gasteiger partial charge in [-0.05, 0) is 55.8 Å². The van der Waals surface area contributed by atoms with Crippen molar-refractivity contribution in [2.24, 2.45) is 0 Å². The van der Waals surface area contributed by atoms with Crippen molar-refractivity contribution < 1.29 is 18.0 Å². The first kappa shape index (κ1) is 31.0. The van der Waals surface area contributed by atoms with E-state index in [9.17, 15) is 18.0 Å². The van der Waals surface area contributed by atoms with Gasteiger partial charge in [-0.1, -0.05) is 77.1 Å². The molecule has 0 aliphatic carbocycles. The maximum atomic E-state index is 14.0. The van der Waals surface area contributed by atoms with Crippen molar-refractivity contribution in [2.45, 2.75) is 37.8 Å². The van der Waals surface area contributed by atoms with Gasteiger partial charge in [-0.15, -0.1) is 0 Å². The Balaban J connectivity index is 2.12. The van der Waals surface area contributed by atoms with Gasteiger partial charge in [-0.3, -0.25) is 13.9 Å². The summed E-state index contributed by atoms with van der Waals surface area (Å²) in [5.74, 6) is -1.07. The molecule has 7 nitrogen and oxygen atoms in total. The number of rotatable bonds is 10. The van der Waals surface area contributed by atoms with Crippen LogP contribution in [0.5, 0.6) is 0 Å². The highest BCUT2D eigenvalue weighted by Gasteiger charge is 2.34. The molecule has 0 fully saturated rings. The van der Waals surface area contributed by atoms with Crippen LogP contribution in [0.4, 0.5) is 5.69 Å². The van der Waals surface area contributed by atoms with Crippen LogP contribution in [0.25, 0.3) is 0 Å². The van der Waals surface area contributed by atoms with E-state index in [1.54, 1.807) is 37.3 Å². The standard InChI is InChI=1S/C27H27Cl4N3O4S/c1-4-25(27(36)32-3)33(15-20-21(28)6-5-7-22(20)29)26(35)16-34(18-10-13-23(30)24(31)14-18)39(37,38)19-11-8-17(2)9-12-19/h5-14,25H,4,15-16H2,1-3H3,(H,32,36). The molecule has 12 heteroatoms. The molecule has 2 amide bonds. The Bertz CT molecular complexity index is 1450. The molecule has 208 valence electrons. The fourth-order valence-electron chi connectivity index (χ4n) is 3.95. The molecule has 0 aliphatic heterocycles. The molecule has 0 radical (unpaired) electrons. The van der Waals surface area contributed by atoms with Crippen LogP contribution < -0.4 is 9.62 Å². The Labute approximate surface area is 248 Å². The molecule has 0 heterocycles. The number of likely N-dealkylation sites (N-methyl/N-ethyl adjacent to an activating group) is 1. The molecule has 0 aromatic heterocycles. The zero-order chi connectivity index (χ0) is 28.9. The third-order valence-electron chi connectivity index (χ3n) is 6.10. The molecule has 0 aliphatic rings. The van der Waals surface area contributed by atoms with Crippen molar-refractivity contribution in [1.29, 1.82) is 0 Å². The number of nitrogens with zero attached hydrogens (tertiary/aromatic N) is 2. The number of nitrogens with one attached hydrogen (secondary N) is 1. The summed E-state index contributed by atoms with van der Waals surface area (Å²) in [6.45, 7) is 2.82. The zero-order valence-corrected chi connectivity index (χ0v) is 25.3. The summed E-state index contributed by atoms with van der Waals surface area (Å²) >= 11 is 25.1. The Morgan fingerprint density at radius 2 is 1.51 bits per heavy atom. The van der Waals surface area contributed by atoms with E-state index < -0.39 is 34.4 Å². The molecule has 39 heavy (non-hydrogen) atoms. The van der Waals surface area contributed by atoms with Gasteiger partial charge in [0.1, 0.15) is 12.6 Å². The van der Waals surface area contributed by atoms with Crippen LogP contribution in [0.3, 0.4) is 0 Å². The first-order valence-corrected chi connectivity index (χ1v) is 14.8. The molecule has 1 atom stereocenters. The molecule has 0 saturated carbocycles. The maximum absolute atomic E-state index is 14.0. The molecule has 1 N–H and O–H groups in total. The predicted octanol–water partition coefficient (Wildman–Crippen LogP) is 6.36. The summed E-state index contributed by atoms with van der Waals surface area (Å²) in [5, 5.41) is 3.51. The average molecular weight is 631 g/mol. The van der Waals surface area contributed by atoms with Gasteiger partial charge < -0.3 is 10.2 Å². The van der Waals surface area contributed by atoms with Gasteiger partial charge in [0.05, 0.1) is 20.6 Å². The summed E-state index contributed by atoms with van der Waals surface area (Å²) in [4.78, 5) is 28.0. The second kappa shape index (κ2) is 13.2. The van der Waals surface area contributed by atoms with E-state index in [0.29, 0.717) is 15.6 Å². The van der Waals surface area contributed by atoms with Crippen LogP contribution in [-0.2, 0) is 26.2 Å². The second-order valence-electron chi connectivity index (χ2n) is 8.68. The average Bonchev–Trinajstić information content (AvgIpc) is 2.90. The van der Waals surface area contributed by atoms with Crippen LogP contribution in [0.15, 0.2) is 65.6 Å². The van der Waals surface area contributed by atoms with Crippen molar-refractivity contribution in [3.63, 3.8) is 0 Å². The first-order valence-electron chi connectivity index (χ1n) is 11.9. The lowest BCUT2D eigenvalue weighted by Gasteiger charge is -2.33. The summed E-state index contributed by atoms with van der Waals surface area (Å²) in [5.41, 5.74) is 1.42. The number of carbonyl (C=O) groups excluding carboxylic acids is 2. The Morgan fingerprint density at radius 3 is 2.05 bits per heavy atom. The van der Waals surface area contributed by atoms with Crippen molar-refractivity contribution in [3.8, 4) is 0 Å². The smallest absolute Gasteiger partial charge is 0.264 e. The highest BCUT2D eigenvalue weighted by Crippen LogP contribution is 2.32. The van der Waals surface area contributed by atoms with Gasteiger partial charge in [0.2, 0.25) is 11.8 Å². The third-order valence-corrected chi connectivity index (χ3v) is 9.34. The van der Waals surface area contributed by atoms with E-state index in [1.807, 2.05) is 6.92 Å². The van der Waals surface area contributed by atoms with E-state index in [1.165, 1.54) is 42.3 Å². The van der Waals surface area contributed by atoms with Crippen LogP contribution in [-0.4, -0.2) is 44.8 Å². The zero-order valence-electron chi connectivity index (χ0n) is 21.4. The maximum Gasteiger partial charge on any atom is 0.264 e. The summed E-state index contributed by atoms with van der Waals surface area (Å²) < 4.78 is 28.6.